The minimum Gasteiger partial charge on any atom is -0.479 e. The van der Waals surface area contributed by atoms with Crippen molar-refractivity contribution in [3.05, 3.63) is 71.8 Å². The molecule has 8 nitrogen and oxygen atoms in total. The van der Waals surface area contributed by atoms with Gasteiger partial charge in [0.2, 0.25) is 5.91 Å². The van der Waals surface area contributed by atoms with Crippen LogP contribution in [0.5, 0.6) is 0 Å². The number of hydrogen-bond donors (Lipinski definition) is 2. The van der Waals surface area contributed by atoms with Gasteiger partial charge in [-0.05, 0) is 23.5 Å². The maximum atomic E-state index is 13.4. The van der Waals surface area contributed by atoms with E-state index in [4.69, 9.17) is 9.84 Å². The van der Waals surface area contributed by atoms with E-state index in [-0.39, 0.29) is 17.9 Å². The van der Waals surface area contributed by atoms with E-state index in [1.165, 1.54) is 11.1 Å². The Morgan fingerprint density at radius 2 is 1.46 bits per heavy atom. The van der Waals surface area contributed by atoms with E-state index in [0.717, 1.165) is 0 Å². The molecule has 4 rings (SSSR count). The highest BCUT2D eigenvalue weighted by molar-refractivity contribution is 5.95. The van der Waals surface area contributed by atoms with Crippen LogP contribution in [0.4, 0.5) is 0 Å². The molecule has 2 heterocycles. The van der Waals surface area contributed by atoms with Crippen molar-refractivity contribution in [3.8, 4) is 0 Å². The average molecular weight is 480 g/mol. The van der Waals surface area contributed by atoms with Crippen LogP contribution in [0.15, 0.2) is 60.7 Å². The Balaban J connectivity index is 1.42. The first-order valence-electron chi connectivity index (χ1n) is 12.2. The molecular weight excluding hydrogens is 446 g/mol. The van der Waals surface area contributed by atoms with Gasteiger partial charge in [0, 0.05) is 26.2 Å². The smallest absolute Gasteiger partial charge is 0.336 e. The van der Waals surface area contributed by atoms with Crippen LogP contribution in [0, 0.1) is 5.92 Å². The molecule has 0 unspecified atom stereocenters. The van der Waals surface area contributed by atoms with Crippen LogP contribution in [0.2, 0.25) is 0 Å². The molecule has 8 heteroatoms. The van der Waals surface area contributed by atoms with Crippen molar-refractivity contribution in [1.29, 1.82) is 0 Å². The topological polar surface area (TPSA) is 102 Å². The van der Waals surface area contributed by atoms with Crippen LogP contribution in [0.1, 0.15) is 37.4 Å². The summed E-state index contributed by atoms with van der Waals surface area (Å²) >= 11 is 0. The van der Waals surface area contributed by atoms with Crippen LogP contribution in [0.25, 0.3) is 0 Å². The molecule has 2 N–H and O–H groups in total. The number of nitrogens with zero attached hydrogens (tertiary/aromatic N) is 2. The highest BCUT2D eigenvalue weighted by atomic mass is 16.6. The third-order valence-corrected chi connectivity index (χ3v) is 6.54. The number of aliphatic carboxylic acids is 1. The Hall–Kier alpha value is -3.23. The first-order valence-corrected chi connectivity index (χ1v) is 12.2. The molecule has 0 bridgehead atoms. The largest absolute Gasteiger partial charge is 0.479 e. The number of carbonyl (C=O) groups is 3. The quantitative estimate of drug-likeness (QED) is 0.535. The summed E-state index contributed by atoms with van der Waals surface area (Å²) in [6.07, 6.45) is -1.67. The summed E-state index contributed by atoms with van der Waals surface area (Å²) in [5.41, 5.74) is 2.42. The van der Waals surface area contributed by atoms with Crippen LogP contribution in [-0.2, 0) is 19.1 Å². The Kier molecular flexibility index (Phi) is 7.83. The summed E-state index contributed by atoms with van der Waals surface area (Å²) in [6.45, 7) is 6.49. The Morgan fingerprint density at radius 1 is 0.914 bits per heavy atom. The van der Waals surface area contributed by atoms with E-state index in [1.807, 2.05) is 50.2 Å². The number of nitrogens with one attached hydrogen (secondary N) is 1. The lowest BCUT2D eigenvalue weighted by Gasteiger charge is -2.41. The predicted molar refractivity (Wildman–Crippen MR) is 131 cm³/mol. The van der Waals surface area contributed by atoms with Gasteiger partial charge < -0.3 is 20.1 Å². The minimum absolute atomic E-state index is 0.0979. The zero-order valence-electron chi connectivity index (χ0n) is 20.2. The Bertz CT molecular complexity index is 982. The molecule has 2 fully saturated rings. The summed E-state index contributed by atoms with van der Waals surface area (Å²) in [7, 11) is 0. The molecule has 0 saturated carbocycles. The predicted octanol–water partition coefficient (Wildman–Crippen LogP) is 2.30. The number of carboxylic acids is 1. The minimum atomic E-state index is -1.17. The fraction of sp³-hybridized carbons (Fsp3) is 0.444. The maximum absolute atomic E-state index is 13.4. The molecule has 186 valence electrons. The lowest BCUT2D eigenvalue weighted by Crippen LogP contribution is -2.56. The number of amides is 2. The van der Waals surface area contributed by atoms with Gasteiger partial charge in [0.25, 0.3) is 5.91 Å². The van der Waals surface area contributed by atoms with Crippen molar-refractivity contribution in [1.82, 2.24) is 15.1 Å². The summed E-state index contributed by atoms with van der Waals surface area (Å²) in [5.74, 6) is -1.65. The summed E-state index contributed by atoms with van der Waals surface area (Å²) in [5, 5.41) is 11.8. The molecule has 3 atom stereocenters. The normalized spacial score (nSPS) is 21.1. The molecule has 0 radical (unpaired) electrons. The average Bonchev–Trinajstić information content (AvgIpc) is 3.67. The monoisotopic (exact) mass is 479 g/mol. The summed E-state index contributed by atoms with van der Waals surface area (Å²) < 4.78 is 4.95. The van der Waals surface area contributed by atoms with E-state index < -0.39 is 30.1 Å². The van der Waals surface area contributed by atoms with Crippen LogP contribution < -0.4 is 5.32 Å². The standard InChI is InChI=1S/C27H33N3O5/c1-18(2)17-21(28-25(31)23-24(35-23)27(33)34)26(32)30-15-13-29(14-16-30)22(19-9-5-3-6-10-19)20-11-7-4-8-12-20/h3-12,18,21-24H,13-17H2,1-2H3,(H,28,31)(H,33,34)/t21-,23+,24+/m0/s1. The van der Waals surface area contributed by atoms with E-state index in [9.17, 15) is 14.4 Å². The zero-order valence-corrected chi connectivity index (χ0v) is 20.2. The second-order valence-electron chi connectivity index (χ2n) is 9.59. The van der Waals surface area contributed by atoms with E-state index in [1.54, 1.807) is 4.90 Å². The number of epoxide rings is 1. The fourth-order valence-electron chi connectivity index (χ4n) is 4.75. The molecular formula is C27H33N3O5. The zero-order chi connectivity index (χ0) is 24.9. The molecule has 35 heavy (non-hydrogen) atoms. The molecule has 2 aromatic carbocycles. The molecule has 2 saturated heterocycles. The van der Waals surface area contributed by atoms with Crippen LogP contribution >= 0.6 is 0 Å². The van der Waals surface area contributed by atoms with Gasteiger partial charge in [-0.25, -0.2) is 4.79 Å². The van der Waals surface area contributed by atoms with Crippen molar-refractivity contribution < 1.29 is 24.2 Å². The van der Waals surface area contributed by atoms with E-state index >= 15 is 0 Å². The third-order valence-electron chi connectivity index (χ3n) is 6.54. The third kappa shape index (κ3) is 6.07. The number of carboxylic acid groups (broad SMARTS) is 1. The number of benzene rings is 2. The van der Waals surface area contributed by atoms with Crippen molar-refractivity contribution in [2.24, 2.45) is 5.92 Å². The highest BCUT2D eigenvalue weighted by Crippen LogP contribution is 2.30. The highest BCUT2D eigenvalue weighted by Gasteiger charge is 2.51. The Morgan fingerprint density at radius 3 is 1.91 bits per heavy atom. The van der Waals surface area contributed by atoms with Gasteiger partial charge in [0.1, 0.15) is 6.04 Å². The van der Waals surface area contributed by atoms with E-state index in [0.29, 0.717) is 32.6 Å². The van der Waals surface area contributed by atoms with Gasteiger partial charge >= 0.3 is 5.97 Å². The SMILES string of the molecule is CC(C)C[C@H](NC(=O)[C@@H]1O[C@H]1C(=O)O)C(=O)N1CCN(C(c2ccccc2)c2ccccc2)CC1. The van der Waals surface area contributed by atoms with Crippen LogP contribution in [0.3, 0.4) is 0 Å². The first kappa shape index (κ1) is 24.9. The first-order chi connectivity index (χ1) is 16.8. The molecule has 0 aromatic heterocycles. The molecule has 0 aliphatic carbocycles. The van der Waals surface area contributed by atoms with Gasteiger partial charge in [0.15, 0.2) is 12.2 Å². The lowest BCUT2D eigenvalue weighted by atomic mass is 9.96. The molecule has 2 amide bonds. The Labute approximate surface area is 205 Å². The maximum Gasteiger partial charge on any atom is 0.336 e. The molecule has 2 aliphatic heterocycles. The number of rotatable bonds is 9. The van der Waals surface area contributed by atoms with Crippen LogP contribution in [-0.4, -0.2) is 77.1 Å². The number of carbonyl (C=O) groups excluding carboxylic acids is 2. The van der Waals surface area contributed by atoms with Gasteiger partial charge in [-0.1, -0.05) is 74.5 Å². The number of hydrogen-bond acceptors (Lipinski definition) is 5. The van der Waals surface area contributed by atoms with Gasteiger partial charge in [-0.3, -0.25) is 14.5 Å². The second kappa shape index (κ2) is 11.0. The number of piperazine rings is 1. The lowest BCUT2D eigenvalue weighted by molar-refractivity contribution is -0.139. The molecule has 2 aromatic rings. The van der Waals surface area contributed by atoms with Crippen molar-refractivity contribution in [2.45, 2.75) is 44.6 Å². The summed E-state index contributed by atoms with van der Waals surface area (Å²) in [6, 6.07) is 20.1. The molecule has 2 aliphatic rings. The van der Waals surface area contributed by atoms with Gasteiger partial charge in [0.05, 0.1) is 6.04 Å². The van der Waals surface area contributed by atoms with Crippen molar-refractivity contribution in [3.63, 3.8) is 0 Å². The van der Waals surface area contributed by atoms with Gasteiger partial charge in [-0.2, -0.15) is 0 Å². The van der Waals surface area contributed by atoms with E-state index in [2.05, 4.69) is 34.5 Å². The van der Waals surface area contributed by atoms with Crippen molar-refractivity contribution in [2.75, 3.05) is 26.2 Å². The molecule has 0 spiro atoms. The summed E-state index contributed by atoms with van der Waals surface area (Å²) in [4.78, 5) is 41.1. The second-order valence-corrected chi connectivity index (χ2v) is 9.59. The van der Waals surface area contributed by atoms with Gasteiger partial charge in [-0.15, -0.1) is 0 Å². The fourth-order valence-corrected chi connectivity index (χ4v) is 4.75. The van der Waals surface area contributed by atoms with Crippen molar-refractivity contribution >= 4 is 17.8 Å². The number of ether oxygens (including phenoxy) is 1.